The van der Waals surface area contributed by atoms with E-state index in [0.29, 0.717) is 0 Å². The van der Waals surface area contributed by atoms with Gasteiger partial charge >= 0.3 is 0 Å². The fourth-order valence-corrected chi connectivity index (χ4v) is 4.86. The number of thioether (sulfide) groups is 1. The van der Waals surface area contributed by atoms with E-state index in [2.05, 4.69) is 88.9 Å². The molecule has 1 aromatic heterocycles. The van der Waals surface area contributed by atoms with E-state index < -0.39 is 0 Å². The first-order valence-corrected chi connectivity index (χ1v) is 11.4. The van der Waals surface area contributed by atoms with Crippen molar-refractivity contribution in [1.29, 1.82) is 0 Å². The predicted octanol–water partition coefficient (Wildman–Crippen LogP) is 3.99. The fourth-order valence-electron chi connectivity index (χ4n) is 3.90. The van der Waals surface area contributed by atoms with Gasteiger partial charge in [0.25, 0.3) is 0 Å². The molecule has 3 aromatic rings. The molecular weight excluding hydrogens is 378 g/mol. The lowest BCUT2D eigenvalue weighted by atomic mass is 10.1. The summed E-state index contributed by atoms with van der Waals surface area (Å²) in [4.78, 5) is 4.64. The molecule has 0 saturated carbocycles. The summed E-state index contributed by atoms with van der Waals surface area (Å²) >= 11 is 1.77. The van der Waals surface area contributed by atoms with Crippen LogP contribution in [0.3, 0.4) is 0 Å². The average Bonchev–Trinajstić information content (AvgIpc) is 3.17. The van der Waals surface area contributed by atoms with Crippen molar-refractivity contribution in [2.24, 2.45) is 10.2 Å². The Hall–Kier alpha value is -2.31. The zero-order chi connectivity index (χ0) is 20.2. The molecule has 0 atom stereocenters. The minimum atomic E-state index is 0.954. The van der Waals surface area contributed by atoms with Crippen molar-refractivity contribution in [3.63, 3.8) is 0 Å². The van der Waals surface area contributed by atoms with Gasteiger partial charge in [-0.3, -0.25) is 0 Å². The van der Waals surface area contributed by atoms with Crippen LogP contribution in [0.4, 0.5) is 0 Å². The van der Waals surface area contributed by atoms with Crippen LogP contribution in [0.1, 0.15) is 13.8 Å². The highest BCUT2D eigenvalue weighted by atomic mass is 32.2. The molecular formula is C23H29N5S. The molecule has 1 fully saturated rings. The number of amidine groups is 1. The second kappa shape index (κ2) is 9.01. The van der Waals surface area contributed by atoms with Crippen LogP contribution in [0, 0.1) is 0 Å². The maximum atomic E-state index is 4.77. The molecule has 0 aliphatic carbocycles. The van der Waals surface area contributed by atoms with Crippen LogP contribution in [-0.4, -0.2) is 58.5 Å². The number of pyridine rings is 1. The first-order valence-electron chi connectivity index (χ1n) is 10.4. The van der Waals surface area contributed by atoms with Gasteiger partial charge in [-0.2, -0.15) is 0 Å². The summed E-state index contributed by atoms with van der Waals surface area (Å²) < 4.78 is 2.44. The van der Waals surface area contributed by atoms with E-state index in [0.717, 1.165) is 59.8 Å². The zero-order valence-corrected chi connectivity index (χ0v) is 18.3. The Bertz CT molecular complexity index is 1040. The highest BCUT2D eigenvalue weighted by Crippen LogP contribution is 2.20. The summed E-state index contributed by atoms with van der Waals surface area (Å²) in [6, 6.07) is 17.1. The first-order chi connectivity index (χ1) is 14.2. The van der Waals surface area contributed by atoms with Gasteiger partial charge in [0.2, 0.25) is 0 Å². The monoisotopic (exact) mass is 407 g/mol. The SMILES string of the molecule is CCN(CC)CCn1c2ccccc2c(=NN=C2SCCN2C)c2ccccc21. The highest BCUT2D eigenvalue weighted by molar-refractivity contribution is 8.14. The maximum absolute atomic E-state index is 4.77. The second-order valence-corrected chi connectivity index (χ2v) is 8.38. The van der Waals surface area contributed by atoms with Crippen molar-refractivity contribution in [3.8, 4) is 0 Å². The summed E-state index contributed by atoms with van der Waals surface area (Å²) in [5, 5.41) is 13.6. The van der Waals surface area contributed by atoms with Crippen LogP contribution in [0.15, 0.2) is 58.7 Å². The Morgan fingerprint density at radius 3 is 2.10 bits per heavy atom. The first kappa shape index (κ1) is 20.0. The molecule has 1 aliphatic rings. The van der Waals surface area contributed by atoms with Crippen LogP contribution in [0.2, 0.25) is 0 Å². The largest absolute Gasteiger partial charge is 0.352 e. The summed E-state index contributed by atoms with van der Waals surface area (Å²) in [6.07, 6.45) is 0. The third-order valence-corrected chi connectivity index (χ3v) is 6.69. The fraction of sp³-hybridized carbons (Fsp3) is 0.391. The molecule has 0 bridgehead atoms. The van der Waals surface area contributed by atoms with E-state index in [1.807, 2.05) is 0 Å². The highest BCUT2D eigenvalue weighted by Gasteiger charge is 2.15. The van der Waals surface area contributed by atoms with E-state index in [4.69, 9.17) is 5.10 Å². The van der Waals surface area contributed by atoms with Gasteiger partial charge in [-0.25, -0.2) is 0 Å². The summed E-state index contributed by atoms with van der Waals surface area (Å²) in [6.45, 7) is 9.61. The number of rotatable bonds is 6. The molecule has 152 valence electrons. The Labute approximate surface area is 176 Å². The Morgan fingerprint density at radius 2 is 1.55 bits per heavy atom. The molecule has 1 saturated heterocycles. The van der Waals surface area contributed by atoms with E-state index >= 15 is 0 Å². The van der Waals surface area contributed by atoms with Crippen molar-refractivity contribution in [1.82, 2.24) is 14.4 Å². The van der Waals surface area contributed by atoms with Crippen molar-refractivity contribution in [3.05, 3.63) is 53.9 Å². The van der Waals surface area contributed by atoms with Crippen LogP contribution in [0.5, 0.6) is 0 Å². The summed E-state index contributed by atoms with van der Waals surface area (Å²) in [7, 11) is 2.08. The van der Waals surface area contributed by atoms with Gasteiger partial charge in [-0.05, 0) is 25.2 Å². The Morgan fingerprint density at radius 1 is 0.931 bits per heavy atom. The van der Waals surface area contributed by atoms with E-state index in [9.17, 15) is 0 Å². The summed E-state index contributed by atoms with van der Waals surface area (Å²) in [5.74, 6) is 1.08. The molecule has 0 amide bonds. The number of aromatic nitrogens is 1. The van der Waals surface area contributed by atoms with Crippen molar-refractivity contribution >= 4 is 38.7 Å². The lowest BCUT2D eigenvalue weighted by Crippen LogP contribution is -2.27. The van der Waals surface area contributed by atoms with Gasteiger partial charge in [0.05, 0.1) is 11.0 Å². The third-order valence-electron chi connectivity index (χ3n) is 5.65. The van der Waals surface area contributed by atoms with Gasteiger partial charge in [0.15, 0.2) is 5.17 Å². The molecule has 0 radical (unpaired) electrons. The van der Waals surface area contributed by atoms with E-state index in [-0.39, 0.29) is 0 Å². The zero-order valence-electron chi connectivity index (χ0n) is 17.5. The Balaban J connectivity index is 1.92. The maximum Gasteiger partial charge on any atom is 0.185 e. The normalized spacial score (nSPS) is 15.9. The molecule has 0 unspecified atom stereocenters. The van der Waals surface area contributed by atoms with E-state index in [1.165, 1.54) is 11.0 Å². The average molecular weight is 408 g/mol. The molecule has 4 rings (SSSR count). The number of hydrogen-bond donors (Lipinski definition) is 0. The molecule has 2 heterocycles. The van der Waals surface area contributed by atoms with Gasteiger partial charge in [-0.15, -0.1) is 10.2 Å². The van der Waals surface area contributed by atoms with Crippen LogP contribution < -0.4 is 5.36 Å². The number of para-hydroxylation sites is 2. The number of fused-ring (bicyclic) bond motifs is 2. The molecule has 29 heavy (non-hydrogen) atoms. The smallest absolute Gasteiger partial charge is 0.185 e. The topological polar surface area (TPSA) is 36.1 Å². The molecule has 2 aromatic carbocycles. The molecule has 0 N–H and O–H groups in total. The van der Waals surface area contributed by atoms with Crippen LogP contribution in [0.25, 0.3) is 21.8 Å². The van der Waals surface area contributed by atoms with Crippen LogP contribution >= 0.6 is 11.8 Å². The van der Waals surface area contributed by atoms with Gasteiger partial charge in [-0.1, -0.05) is 62.0 Å². The minimum absolute atomic E-state index is 0.954. The molecule has 5 nitrogen and oxygen atoms in total. The van der Waals surface area contributed by atoms with Crippen LogP contribution in [-0.2, 0) is 6.54 Å². The van der Waals surface area contributed by atoms with Gasteiger partial charge in [0.1, 0.15) is 5.36 Å². The van der Waals surface area contributed by atoms with Gasteiger partial charge < -0.3 is 14.4 Å². The number of benzene rings is 2. The predicted molar refractivity (Wildman–Crippen MR) is 125 cm³/mol. The van der Waals surface area contributed by atoms with Gasteiger partial charge in [0, 0.05) is 43.2 Å². The molecule has 0 spiro atoms. The lowest BCUT2D eigenvalue weighted by molar-refractivity contribution is 0.293. The Kier molecular flexibility index (Phi) is 6.21. The third kappa shape index (κ3) is 4.05. The number of likely N-dealkylation sites (N-methyl/N-ethyl adjacent to an activating group) is 1. The van der Waals surface area contributed by atoms with Crippen molar-refractivity contribution < 1.29 is 0 Å². The number of nitrogens with zero attached hydrogens (tertiary/aromatic N) is 5. The lowest BCUT2D eigenvalue weighted by Gasteiger charge is -2.21. The second-order valence-electron chi connectivity index (χ2n) is 7.31. The summed E-state index contributed by atoms with van der Waals surface area (Å²) in [5.41, 5.74) is 2.43. The van der Waals surface area contributed by atoms with Crippen molar-refractivity contribution in [2.75, 3.05) is 39.0 Å². The molecule has 6 heteroatoms. The number of hydrogen-bond acceptors (Lipinski definition) is 4. The molecule has 1 aliphatic heterocycles. The van der Waals surface area contributed by atoms with Crippen molar-refractivity contribution in [2.45, 2.75) is 20.4 Å². The van der Waals surface area contributed by atoms with E-state index in [1.54, 1.807) is 11.8 Å². The standard InChI is InChI=1S/C23H29N5S/c1-4-27(5-2)14-15-28-20-12-8-6-10-18(20)22(19-11-7-9-13-21(19)28)24-25-23-26(3)16-17-29-23/h6-13H,4-5,14-17H2,1-3H3. The minimum Gasteiger partial charge on any atom is -0.352 e. The quantitative estimate of drug-likeness (QED) is 0.458.